The number of hydrogen-bond acceptors (Lipinski definition) is 1. The van der Waals surface area contributed by atoms with Crippen molar-refractivity contribution in [2.24, 2.45) is 0 Å². The SMILES string of the molecule is C=C(C)C(=O)N(CCC)C1CCCCC1. The fourth-order valence-electron chi connectivity index (χ4n) is 2.33. The molecular weight excluding hydrogens is 186 g/mol. The zero-order chi connectivity index (χ0) is 11.3. The van der Waals surface area contributed by atoms with E-state index in [2.05, 4.69) is 13.5 Å². The Bertz CT molecular complexity index is 229. The van der Waals surface area contributed by atoms with Gasteiger partial charge < -0.3 is 4.90 Å². The molecule has 86 valence electrons. The molecular formula is C13H23NO. The van der Waals surface area contributed by atoms with Crippen LogP contribution in [0.1, 0.15) is 52.4 Å². The lowest BCUT2D eigenvalue weighted by Gasteiger charge is -2.34. The summed E-state index contributed by atoms with van der Waals surface area (Å²) in [4.78, 5) is 14.0. The van der Waals surface area contributed by atoms with Crippen LogP contribution in [0.15, 0.2) is 12.2 Å². The molecule has 0 aliphatic heterocycles. The van der Waals surface area contributed by atoms with Crippen LogP contribution in [-0.2, 0) is 4.79 Å². The number of nitrogens with zero attached hydrogens (tertiary/aromatic N) is 1. The van der Waals surface area contributed by atoms with E-state index in [1.807, 2.05) is 11.8 Å². The summed E-state index contributed by atoms with van der Waals surface area (Å²) >= 11 is 0. The molecule has 0 unspecified atom stereocenters. The van der Waals surface area contributed by atoms with Crippen molar-refractivity contribution in [1.82, 2.24) is 4.90 Å². The Morgan fingerprint density at radius 1 is 1.33 bits per heavy atom. The molecule has 15 heavy (non-hydrogen) atoms. The maximum atomic E-state index is 12.0. The number of carbonyl (C=O) groups is 1. The van der Waals surface area contributed by atoms with Crippen LogP contribution < -0.4 is 0 Å². The molecule has 0 aromatic rings. The van der Waals surface area contributed by atoms with Crippen LogP contribution in [0.25, 0.3) is 0 Å². The van der Waals surface area contributed by atoms with E-state index in [0.29, 0.717) is 11.6 Å². The molecule has 2 nitrogen and oxygen atoms in total. The monoisotopic (exact) mass is 209 g/mol. The van der Waals surface area contributed by atoms with Gasteiger partial charge in [0.25, 0.3) is 0 Å². The Labute approximate surface area is 93.3 Å². The van der Waals surface area contributed by atoms with Gasteiger partial charge in [0.1, 0.15) is 0 Å². The van der Waals surface area contributed by atoms with Crippen LogP contribution in [0.5, 0.6) is 0 Å². The van der Waals surface area contributed by atoms with Gasteiger partial charge in [-0.05, 0) is 26.2 Å². The molecule has 0 heterocycles. The number of carbonyl (C=O) groups excluding carboxylic acids is 1. The third-order valence-corrected chi connectivity index (χ3v) is 3.11. The van der Waals surface area contributed by atoms with Gasteiger partial charge in [0.05, 0.1) is 0 Å². The first-order chi connectivity index (χ1) is 7.16. The Hall–Kier alpha value is -0.790. The average molecular weight is 209 g/mol. The highest BCUT2D eigenvalue weighted by atomic mass is 16.2. The third kappa shape index (κ3) is 3.37. The van der Waals surface area contributed by atoms with E-state index in [0.717, 1.165) is 13.0 Å². The van der Waals surface area contributed by atoms with E-state index in [-0.39, 0.29) is 5.91 Å². The quantitative estimate of drug-likeness (QED) is 0.651. The maximum absolute atomic E-state index is 12.0. The number of amides is 1. The Kier molecular flexibility index (Phi) is 4.86. The van der Waals surface area contributed by atoms with Crippen molar-refractivity contribution in [2.45, 2.75) is 58.4 Å². The number of hydrogen-bond donors (Lipinski definition) is 0. The van der Waals surface area contributed by atoms with E-state index in [9.17, 15) is 4.79 Å². The molecule has 0 N–H and O–H groups in total. The second-order valence-electron chi connectivity index (χ2n) is 4.57. The van der Waals surface area contributed by atoms with E-state index >= 15 is 0 Å². The smallest absolute Gasteiger partial charge is 0.249 e. The maximum Gasteiger partial charge on any atom is 0.249 e. The van der Waals surface area contributed by atoms with Gasteiger partial charge in [-0.15, -0.1) is 0 Å². The molecule has 1 aliphatic rings. The first-order valence-electron chi connectivity index (χ1n) is 6.13. The van der Waals surface area contributed by atoms with Gasteiger partial charge in [-0.3, -0.25) is 4.79 Å². The molecule has 0 aromatic carbocycles. The van der Waals surface area contributed by atoms with E-state index in [4.69, 9.17) is 0 Å². The molecule has 1 amide bonds. The lowest BCUT2D eigenvalue weighted by atomic mass is 9.93. The van der Waals surface area contributed by atoms with Crippen molar-refractivity contribution in [3.05, 3.63) is 12.2 Å². The largest absolute Gasteiger partial charge is 0.336 e. The van der Waals surface area contributed by atoms with Crippen LogP contribution in [-0.4, -0.2) is 23.4 Å². The Morgan fingerprint density at radius 3 is 2.40 bits per heavy atom. The van der Waals surface area contributed by atoms with Gasteiger partial charge >= 0.3 is 0 Å². The predicted molar refractivity (Wildman–Crippen MR) is 63.7 cm³/mol. The second-order valence-corrected chi connectivity index (χ2v) is 4.57. The van der Waals surface area contributed by atoms with Gasteiger partial charge in [-0.25, -0.2) is 0 Å². The molecule has 0 spiro atoms. The summed E-state index contributed by atoms with van der Waals surface area (Å²) in [7, 11) is 0. The van der Waals surface area contributed by atoms with Crippen LogP contribution in [0, 0.1) is 0 Å². The summed E-state index contributed by atoms with van der Waals surface area (Å²) in [6.07, 6.45) is 7.27. The summed E-state index contributed by atoms with van der Waals surface area (Å²) in [5, 5.41) is 0. The normalized spacial score (nSPS) is 17.5. The topological polar surface area (TPSA) is 20.3 Å². The van der Waals surface area contributed by atoms with E-state index < -0.39 is 0 Å². The van der Waals surface area contributed by atoms with Crippen LogP contribution in [0.2, 0.25) is 0 Å². The molecule has 1 aliphatic carbocycles. The first-order valence-corrected chi connectivity index (χ1v) is 6.13. The van der Waals surface area contributed by atoms with Crippen molar-refractivity contribution in [1.29, 1.82) is 0 Å². The van der Waals surface area contributed by atoms with Crippen molar-refractivity contribution in [2.75, 3.05) is 6.54 Å². The van der Waals surface area contributed by atoms with Crippen molar-refractivity contribution in [3.8, 4) is 0 Å². The number of rotatable bonds is 4. The molecule has 1 saturated carbocycles. The van der Waals surface area contributed by atoms with Crippen molar-refractivity contribution < 1.29 is 4.79 Å². The standard InChI is InChI=1S/C13H23NO/c1-4-10-14(13(15)11(2)3)12-8-6-5-7-9-12/h12H,2,4-10H2,1,3H3. The fraction of sp³-hybridized carbons (Fsp3) is 0.769. The Balaban J connectivity index is 2.62. The predicted octanol–water partition coefficient (Wildman–Crippen LogP) is 3.13. The zero-order valence-corrected chi connectivity index (χ0v) is 10.1. The first kappa shape index (κ1) is 12.3. The molecule has 0 atom stereocenters. The van der Waals surface area contributed by atoms with Gasteiger partial charge in [0.2, 0.25) is 5.91 Å². The summed E-state index contributed by atoms with van der Waals surface area (Å²) in [5.74, 6) is 0.156. The van der Waals surface area contributed by atoms with Crippen molar-refractivity contribution in [3.63, 3.8) is 0 Å². The Morgan fingerprint density at radius 2 is 1.93 bits per heavy atom. The molecule has 0 radical (unpaired) electrons. The average Bonchev–Trinajstić information content (AvgIpc) is 2.26. The summed E-state index contributed by atoms with van der Waals surface area (Å²) in [6.45, 7) is 8.59. The summed E-state index contributed by atoms with van der Waals surface area (Å²) in [5.41, 5.74) is 0.675. The molecule has 1 fully saturated rings. The van der Waals surface area contributed by atoms with E-state index in [1.165, 1.54) is 32.1 Å². The van der Waals surface area contributed by atoms with Gasteiger partial charge in [0.15, 0.2) is 0 Å². The molecule has 0 aromatic heterocycles. The highest BCUT2D eigenvalue weighted by molar-refractivity contribution is 5.92. The molecule has 1 rings (SSSR count). The molecule has 2 heteroatoms. The summed E-state index contributed by atoms with van der Waals surface area (Å²) in [6, 6.07) is 0.475. The third-order valence-electron chi connectivity index (χ3n) is 3.11. The minimum absolute atomic E-state index is 0.156. The summed E-state index contributed by atoms with van der Waals surface area (Å²) < 4.78 is 0. The van der Waals surface area contributed by atoms with Gasteiger partial charge in [-0.1, -0.05) is 32.8 Å². The van der Waals surface area contributed by atoms with Gasteiger partial charge in [0, 0.05) is 18.2 Å². The zero-order valence-electron chi connectivity index (χ0n) is 10.1. The highest BCUT2D eigenvalue weighted by Crippen LogP contribution is 2.23. The van der Waals surface area contributed by atoms with Gasteiger partial charge in [-0.2, -0.15) is 0 Å². The second kappa shape index (κ2) is 5.94. The van der Waals surface area contributed by atoms with Crippen molar-refractivity contribution >= 4 is 5.91 Å². The van der Waals surface area contributed by atoms with Crippen LogP contribution in [0.3, 0.4) is 0 Å². The fourth-order valence-corrected chi connectivity index (χ4v) is 2.33. The van der Waals surface area contributed by atoms with Crippen LogP contribution >= 0.6 is 0 Å². The molecule has 0 bridgehead atoms. The van der Waals surface area contributed by atoms with Crippen LogP contribution in [0.4, 0.5) is 0 Å². The lowest BCUT2D eigenvalue weighted by molar-refractivity contribution is -0.130. The minimum Gasteiger partial charge on any atom is -0.336 e. The minimum atomic E-state index is 0.156. The molecule has 0 saturated heterocycles. The van der Waals surface area contributed by atoms with E-state index in [1.54, 1.807) is 0 Å². The highest BCUT2D eigenvalue weighted by Gasteiger charge is 2.24. The lowest BCUT2D eigenvalue weighted by Crippen LogP contribution is -2.42.